The Kier molecular flexibility index (Phi) is 1.94. The van der Waals surface area contributed by atoms with Crippen molar-refractivity contribution < 1.29 is 0 Å². The minimum absolute atomic E-state index is 0.173. The van der Waals surface area contributed by atoms with Crippen molar-refractivity contribution in [1.29, 1.82) is 0 Å². The van der Waals surface area contributed by atoms with Gasteiger partial charge in [-0.05, 0) is 12.1 Å². The van der Waals surface area contributed by atoms with Crippen LogP contribution in [0.2, 0.25) is 0 Å². The molecule has 14 heavy (non-hydrogen) atoms. The molecule has 0 aliphatic heterocycles. The summed E-state index contributed by atoms with van der Waals surface area (Å²) in [5.41, 5.74) is -0.350. The summed E-state index contributed by atoms with van der Waals surface area (Å²) in [6, 6.07) is 3.27. The van der Waals surface area contributed by atoms with Gasteiger partial charge in [0.05, 0.1) is 0 Å². The summed E-state index contributed by atoms with van der Waals surface area (Å²) in [7, 11) is 0. The fourth-order valence-corrected chi connectivity index (χ4v) is 1.05. The molecule has 6 nitrogen and oxygen atoms in total. The minimum Gasteiger partial charge on any atom is -0.271 e. The van der Waals surface area contributed by atoms with Gasteiger partial charge in [0.1, 0.15) is 0 Å². The first-order valence-electron chi connectivity index (χ1n) is 3.87. The Bertz CT molecular complexity index is 543. The first-order chi connectivity index (χ1) is 6.77. The third-order valence-corrected chi connectivity index (χ3v) is 1.67. The lowest BCUT2D eigenvalue weighted by Gasteiger charge is -1.95. The molecular weight excluding hydrogens is 184 g/mol. The van der Waals surface area contributed by atoms with E-state index in [1.165, 1.54) is 0 Å². The predicted octanol–water partition coefficient (Wildman–Crippen LogP) is -0.480. The van der Waals surface area contributed by atoms with Gasteiger partial charge in [-0.1, -0.05) is 0 Å². The number of H-pyrrole nitrogens is 2. The van der Waals surface area contributed by atoms with Crippen molar-refractivity contribution in [2.45, 2.75) is 0 Å². The van der Waals surface area contributed by atoms with Gasteiger partial charge in [0, 0.05) is 18.0 Å². The van der Waals surface area contributed by atoms with E-state index in [4.69, 9.17) is 0 Å². The molecule has 0 atom stereocenters. The van der Waals surface area contributed by atoms with Crippen molar-refractivity contribution in [2.75, 3.05) is 0 Å². The van der Waals surface area contributed by atoms with E-state index in [0.29, 0.717) is 5.56 Å². The molecule has 0 radical (unpaired) electrons. The van der Waals surface area contributed by atoms with Crippen molar-refractivity contribution in [3.63, 3.8) is 0 Å². The van der Waals surface area contributed by atoms with E-state index in [9.17, 15) is 9.59 Å². The van der Waals surface area contributed by atoms with Gasteiger partial charge in [-0.15, -0.1) is 0 Å². The maximum Gasteiger partial charge on any atom is 0.342 e. The standard InChI is InChI=1S/C8H6N4O2/c13-7-6(11-12-8(14)10-7)5-1-3-9-4-2-5/h1-4H,(H2,10,12,13,14). The van der Waals surface area contributed by atoms with Crippen LogP contribution in [0.25, 0.3) is 11.3 Å². The Morgan fingerprint density at radius 1 is 1.14 bits per heavy atom. The van der Waals surface area contributed by atoms with Gasteiger partial charge in [0.15, 0.2) is 5.69 Å². The molecule has 2 aromatic heterocycles. The lowest BCUT2D eigenvalue weighted by molar-refractivity contribution is 0.897. The zero-order valence-corrected chi connectivity index (χ0v) is 7.02. The van der Waals surface area contributed by atoms with Crippen molar-refractivity contribution in [2.24, 2.45) is 0 Å². The van der Waals surface area contributed by atoms with E-state index >= 15 is 0 Å². The molecule has 0 aliphatic rings. The second kappa shape index (κ2) is 3.25. The number of nitrogens with one attached hydrogen (secondary N) is 2. The van der Waals surface area contributed by atoms with Crippen LogP contribution in [0.4, 0.5) is 0 Å². The summed E-state index contributed by atoms with van der Waals surface area (Å²) >= 11 is 0. The molecule has 2 rings (SSSR count). The lowest BCUT2D eigenvalue weighted by Crippen LogP contribution is -2.25. The molecule has 0 spiro atoms. The number of hydrogen-bond acceptors (Lipinski definition) is 4. The van der Waals surface area contributed by atoms with Crippen LogP contribution in [0.3, 0.4) is 0 Å². The molecule has 70 valence electrons. The van der Waals surface area contributed by atoms with Gasteiger partial charge < -0.3 is 0 Å². The van der Waals surface area contributed by atoms with Gasteiger partial charge in [0.25, 0.3) is 5.56 Å². The van der Waals surface area contributed by atoms with Crippen LogP contribution in [0.5, 0.6) is 0 Å². The number of aromatic nitrogens is 4. The van der Waals surface area contributed by atoms with E-state index in [-0.39, 0.29) is 5.69 Å². The quantitative estimate of drug-likeness (QED) is 0.635. The van der Waals surface area contributed by atoms with Crippen LogP contribution >= 0.6 is 0 Å². The third-order valence-electron chi connectivity index (χ3n) is 1.67. The summed E-state index contributed by atoms with van der Waals surface area (Å²) < 4.78 is 0. The van der Waals surface area contributed by atoms with Crippen LogP contribution in [-0.4, -0.2) is 20.2 Å². The fourth-order valence-electron chi connectivity index (χ4n) is 1.05. The molecule has 2 N–H and O–H groups in total. The van der Waals surface area contributed by atoms with Crippen LogP contribution in [0.15, 0.2) is 34.1 Å². The zero-order valence-electron chi connectivity index (χ0n) is 7.02. The number of rotatable bonds is 1. The van der Waals surface area contributed by atoms with E-state index < -0.39 is 11.2 Å². The Labute approximate surface area is 77.7 Å². The summed E-state index contributed by atoms with van der Waals surface area (Å²) in [5.74, 6) is 0. The second-order valence-electron chi connectivity index (χ2n) is 2.59. The van der Waals surface area contributed by atoms with Crippen LogP contribution in [0.1, 0.15) is 0 Å². The third kappa shape index (κ3) is 1.45. The molecular formula is C8H6N4O2. The van der Waals surface area contributed by atoms with Gasteiger partial charge in [-0.3, -0.25) is 14.8 Å². The Morgan fingerprint density at radius 3 is 2.50 bits per heavy atom. The fraction of sp³-hybridized carbons (Fsp3) is 0. The van der Waals surface area contributed by atoms with E-state index in [0.717, 1.165) is 0 Å². The summed E-state index contributed by atoms with van der Waals surface area (Å²) in [5, 5.41) is 5.80. The highest BCUT2D eigenvalue weighted by Gasteiger charge is 2.03. The van der Waals surface area contributed by atoms with Gasteiger partial charge in [0.2, 0.25) is 0 Å². The zero-order chi connectivity index (χ0) is 9.97. The van der Waals surface area contributed by atoms with E-state index in [1.54, 1.807) is 24.5 Å². The molecule has 2 heterocycles. The van der Waals surface area contributed by atoms with Gasteiger partial charge in [-0.25, -0.2) is 9.89 Å². The SMILES string of the molecule is O=c1[nH]nc(-c2ccncc2)c(=O)[nH]1. The minimum atomic E-state index is -0.618. The molecule has 6 heteroatoms. The smallest absolute Gasteiger partial charge is 0.271 e. The first kappa shape index (κ1) is 8.36. The summed E-state index contributed by atoms with van der Waals surface area (Å²) in [6.45, 7) is 0. The molecule has 0 unspecified atom stereocenters. The number of aromatic amines is 2. The number of hydrogen-bond donors (Lipinski definition) is 2. The average molecular weight is 190 g/mol. The lowest BCUT2D eigenvalue weighted by atomic mass is 10.2. The summed E-state index contributed by atoms with van der Waals surface area (Å²) in [4.78, 5) is 27.9. The monoisotopic (exact) mass is 190 g/mol. The molecule has 0 saturated heterocycles. The largest absolute Gasteiger partial charge is 0.342 e. The predicted molar refractivity (Wildman–Crippen MR) is 48.7 cm³/mol. The Morgan fingerprint density at radius 2 is 1.86 bits per heavy atom. The van der Waals surface area contributed by atoms with Crippen molar-refractivity contribution in [3.05, 3.63) is 45.4 Å². The molecule has 2 aromatic rings. The topological polar surface area (TPSA) is 91.5 Å². The summed E-state index contributed by atoms with van der Waals surface area (Å²) in [6.07, 6.45) is 3.09. The highest BCUT2D eigenvalue weighted by molar-refractivity contribution is 5.55. The maximum absolute atomic E-state index is 11.3. The van der Waals surface area contributed by atoms with E-state index in [1.807, 2.05) is 0 Å². The molecule has 0 amide bonds. The normalized spacial score (nSPS) is 10.0. The molecule has 0 aromatic carbocycles. The molecule has 0 fully saturated rings. The average Bonchev–Trinajstić information content (AvgIpc) is 2.19. The van der Waals surface area contributed by atoms with Crippen LogP contribution < -0.4 is 11.2 Å². The van der Waals surface area contributed by atoms with E-state index in [2.05, 4.69) is 20.2 Å². The maximum atomic E-state index is 11.3. The second-order valence-corrected chi connectivity index (χ2v) is 2.59. The highest BCUT2D eigenvalue weighted by Crippen LogP contribution is 2.07. The molecule has 0 saturated carbocycles. The van der Waals surface area contributed by atoms with Crippen LogP contribution in [-0.2, 0) is 0 Å². The first-order valence-corrected chi connectivity index (χ1v) is 3.87. The van der Waals surface area contributed by atoms with Crippen molar-refractivity contribution in [1.82, 2.24) is 20.2 Å². The van der Waals surface area contributed by atoms with Gasteiger partial charge in [-0.2, -0.15) is 5.10 Å². The molecule has 0 bridgehead atoms. The van der Waals surface area contributed by atoms with Crippen molar-refractivity contribution >= 4 is 0 Å². The van der Waals surface area contributed by atoms with Gasteiger partial charge >= 0.3 is 5.69 Å². The van der Waals surface area contributed by atoms with Crippen LogP contribution in [0, 0.1) is 0 Å². The Balaban J connectivity index is 2.64. The molecule has 0 aliphatic carbocycles. The number of pyridine rings is 1. The Hall–Kier alpha value is -2.24. The van der Waals surface area contributed by atoms with Crippen molar-refractivity contribution in [3.8, 4) is 11.3 Å². The number of nitrogens with zero attached hydrogens (tertiary/aromatic N) is 2. The highest BCUT2D eigenvalue weighted by atomic mass is 16.2.